The van der Waals surface area contributed by atoms with Crippen LogP contribution in [0.5, 0.6) is 0 Å². The molecule has 3 atom stereocenters. The maximum absolute atomic E-state index is 11.3. The fourth-order valence-corrected chi connectivity index (χ4v) is 4.87. The largest absolute Gasteiger partial charge is 0.376 e. The molecule has 0 spiro atoms. The molecule has 2 saturated heterocycles. The lowest BCUT2D eigenvalue weighted by Gasteiger charge is -2.30. The molecule has 164 valence electrons. The van der Waals surface area contributed by atoms with Gasteiger partial charge in [0.05, 0.1) is 34.5 Å². The van der Waals surface area contributed by atoms with Crippen molar-refractivity contribution >= 4 is 23.0 Å². The second-order valence-corrected chi connectivity index (χ2v) is 8.38. The highest BCUT2D eigenvalue weighted by molar-refractivity contribution is 7.80. The van der Waals surface area contributed by atoms with Crippen LogP contribution in [-0.4, -0.2) is 43.7 Å². The van der Waals surface area contributed by atoms with Crippen LogP contribution in [0.1, 0.15) is 36.3 Å². The van der Waals surface area contributed by atoms with Crippen LogP contribution in [0.2, 0.25) is 0 Å². The van der Waals surface area contributed by atoms with E-state index < -0.39 is 0 Å². The average molecular weight is 450 g/mol. The zero-order chi connectivity index (χ0) is 22.1. The summed E-state index contributed by atoms with van der Waals surface area (Å²) in [6.45, 7) is 1.46. The molecule has 0 aliphatic carbocycles. The molecule has 9 heteroatoms. The lowest BCUT2D eigenvalue weighted by molar-refractivity contribution is -0.384. The van der Waals surface area contributed by atoms with E-state index in [-0.39, 0.29) is 28.8 Å². The molecule has 1 N–H and O–H groups in total. The summed E-state index contributed by atoms with van der Waals surface area (Å²) in [6.07, 6.45) is 5.89. The van der Waals surface area contributed by atoms with Gasteiger partial charge < -0.3 is 19.5 Å². The minimum absolute atomic E-state index is 0.0553. The van der Waals surface area contributed by atoms with Gasteiger partial charge in [-0.15, -0.1) is 0 Å². The molecule has 0 amide bonds. The Bertz CT molecular complexity index is 1130. The first-order valence-electron chi connectivity index (χ1n) is 10.6. The molecule has 0 saturated carbocycles. The number of aromatic nitrogens is 2. The summed E-state index contributed by atoms with van der Waals surface area (Å²) in [5.74, 6) is 0. The van der Waals surface area contributed by atoms with Crippen LogP contribution in [0, 0.1) is 10.1 Å². The fraction of sp³-hybridized carbons (Fsp3) is 0.304. The van der Waals surface area contributed by atoms with Gasteiger partial charge in [0.25, 0.3) is 5.69 Å². The SMILES string of the molecule is O=[N+]([O-])c1cccc(-n2cccc2[C@H]2[C@@H](c3ccccn3)NC(=S)N2C[C@@H]2CCCO2)c1. The molecular weight excluding hydrogens is 426 g/mol. The highest BCUT2D eigenvalue weighted by Gasteiger charge is 2.42. The first-order chi connectivity index (χ1) is 15.6. The van der Waals surface area contributed by atoms with E-state index in [0.717, 1.165) is 36.5 Å². The summed E-state index contributed by atoms with van der Waals surface area (Å²) in [4.78, 5) is 17.7. The summed E-state index contributed by atoms with van der Waals surface area (Å²) in [5, 5.41) is 15.4. The molecule has 1 aromatic carbocycles. The Morgan fingerprint density at radius 2 is 2.12 bits per heavy atom. The lowest BCUT2D eigenvalue weighted by Crippen LogP contribution is -2.36. The van der Waals surface area contributed by atoms with Crippen LogP contribution >= 0.6 is 12.2 Å². The second-order valence-electron chi connectivity index (χ2n) is 7.99. The normalized spacial score (nSPS) is 22.8. The van der Waals surface area contributed by atoms with E-state index >= 15 is 0 Å². The van der Waals surface area contributed by atoms with Gasteiger partial charge in [-0.2, -0.15) is 0 Å². The Kier molecular flexibility index (Phi) is 5.59. The summed E-state index contributed by atoms with van der Waals surface area (Å²) >= 11 is 5.75. The number of ether oxygens (including phenoxy) is 1. The topological polar surface area (TPSA) is 85.5 Å². The molecule has 0 bridgehead atoms. The Morgan fingerprint density at radius 3 is 2.88 bits per heavy atom. The highest BCUT2D eigenvalue weighted by Crippen LogP contribution is 2.40. The van der Waals surface area contributed by atoms with Gasteiger partial charge in [-0.3, -0.25) is 15.1 Å². The van der Waals surface area contributed by atoms with Crippen molar-refractivity contribution in [1.82, 2.24) is 19.8 Å². The van der Waals surface area contributed by atoms with Crippen LogP contribution in [0.15, 0.2) is 67.0 Å². The third-order valence-corrected chi connectivity index (χ3v) is 6.38. The molecule has 2 aliphatic heterocycles. The van der Waals surface area contributed by atoms with Crippen molar-refractivity contribution in [3.63, 3.8) is 0 Å². The Hall–Kier alpha value is -3.30. The third kappa shape index (κ3) is 3.85. The Morgan fingerprint density at radius 1 is 1.22 bits per heavy atom. The van der Waals surface area contributed by atoms with E-state index in [0.29, 0.717) is 11.7 Å². The number of rotatable bonds is 6. The zero-order valence-electron chi connectivity index (χ0n) is 17.3. The number of pyridine rings is 1. The lowest BCUT2D eigenvalue weighted by atomic mass is 10.0. The molecule has 0 radical (unpaired) electrons. The van der Waals surface area contributed by atoms with Crippen molar-refractivity contribution in [2.45, 2.75) is 31.0 Å². The number of benzene rings is 1. The van der Waals surface area contributed by atoms with Gasteiger partial charge in [-0.05, 0) is 55.4 Å². The highest BCUT2D eigenvalue weighted by atomic mass is 32.1. The molecule has 2 aromatic heterocycles. The Labute approximate surface area is 191 Å². The minimum atomic E-state index is -0.376. The number of nitrogens with one attached hydrogen (secondary N) is 1. The summed E-state index contributed by atoms with van der Waals surface area (Å²) in [6, 6.07) is 16.2. The van der Waals surface area contributed by atoms with E-state index in [2.05, 4.69) is 15.2 Å². The summed E-state index contributed by atoms with van der Waals surface area (Å²) in [7, 11) is 0. The van der Waals surface area contributed by atoms with Crippen LogP contribution in [0.25, 0.3) is 5.69 Å². The van der Waals surface area contributed by atoms with E-state index in [1.165, 1.54) is 6.07 Å². The van der Waals surface area contributed by atoms with Crippen molar-refractivity contribution in [1.29, 1.82) is 0 Å². The first kappa shape index (κ1) is 20.6. The third-order valence-electron chi connectivity index (χ3n) is 6.02. The van der Waals surface area contributed by atoms with Gasteiger partial charge in [0.15, 0.2) is 5.11 Å². The van der Waals surface area contributed by atoms with E-state index in [1.807, 2.05) is 47.2 Å². The molecule has 5 rings (SSSR count). The predicted octanol–water partition coefficient (Wildman–Crippen LogP) is 3.93. The second kappa shape index (κ2) is 8.68. The van der Waals surface area contributed by atoms with E-state index in [9.17, 15) is 10.1 Å². The number of nitro groups is 1. The van der Waals surface area contributed by atoms with Crippen LogP contribution in [0.4, 0.5) is 5.69 Å². The Balaban J connectivity index is 1.57. The van der Waals surface area contributed by atoms with E-state index in [4.69, 9.17) is 17.0 Å². The van der Waals surface area contributed by atoms with Gasteiger partial charge in [0.2, 0.25) is 0 Å². The smallest absolute Gasteiger partial charge is 0.271 e. The number of thiocarbonyl (C=S) groups is 1. The van der Waals surface area contributed by atoms with Gasteiger partial charge in [0, 0.05) is 43.4 Å². The number of hydrogen-bond donors (Lipinski definition) is 1. The van der Waals surface area contributed by atoms with Crippen LogP contribution in [-0.2, 0) is 4.74 Å². The quantitative estimate of drug-likeness (QED) is 0.347. The predicted molar refractivity (Wildman–Crippen MR) is 124 cm³/mol. The number of nitrogens with zero attached hydrogens (tertiary/aromatic N) is 4. The fourth-order valence-electron chi connectivity index (χ4n) is 4.56. The standard InChI is InChI=1S/C23H23N5O3S/c29-28(30)17-7-3-6-16(14-17)26-12-4-10-20(26)22-21(19-9-1-2-11-24-19)25-23(32)27(22)15-18-8-5-13-31-18/h1-4,6-7,9-12,14,18,21-22H,5,8,13,15H2,(H,25,32)/t18-,21+,22-/m0/s1. The van der Waals surface area contributed by atoms with Gasteiger partial charge in [-0.1, -0.05) is 12.1 Å². The number of non-ortho nitro benzene ring substituents is 1. The van der Waals surface area contributed by atoms with E-state index in [1.54, 1.807) is 18.3 Å². The number of hydrogen-bond acceptors (Lipinski definition) is 5. The molecule has 8 nitrogen and oxygen atoms in total. The molecule has 32 heavy (non-hydrogen) atoms. The molecule has 2 fully saturated rings. The van der Waals surface area contributed by atoms with Crippen molar-refractivity contribution in [2.75, 3.05) is 13.2 Å². The van der Waals surface area contributed by atoms with Gasteiger partial charge in [-0.25, -0.2) is 0 Å². The van der Waals surface area contributed by atoms with Crippen molar-refractivity contribution in [2.24, 2.45) is 0 Å². The maximum atomic E-state index is 11.3. The number of nitro benzene ring substituents is 1. The molecule has 3 aromatic rings. The average Bonchev–Trinajstić information content (AvgIpc) is 3.56. The molecule has 0 unspecified atom stereocenters. The molecule has 2 aliphatic rings. The zero-order valence-corrected chi connectivity index (χ0v) is 18.1. The van der Waals surface area contributed by atoms with Gasteiger partial charge in [0.1, 0.15) is 0 Å². The maximum Gasteiger partial charge on any atom is 0.271 e. The molecular formula is C23H23N5O3S. The minimum Gasteiger partial charge on any atom is -0.376 e. The van der Waals surface area contributed by atoms with Crippen molar-refractivity contribution in [3.05, 3.63) is 88.5 Å². The van der Waals surface area contributed by atoms with Crippen molar-refractivity contribution < 1.29 is 9.66 Å². The molecule has 4 heterocycles. The van der Waals surface area contributed by atoms with Crippen LogP contribution < -0.4 is 5.32 Å². The summed E-state index contributed by atoms with van der Waals surface area (Å²) < 4.78 is 7.89. The first-order valence-corrected chi connectivity index (χ1v) is 11.0. The summed E-state index contributed by atoms with van der Waals surface area (Å²) in [5.41, 5.74) is 2.65. The monoisotopic (exact) mass is 449 g/mol. The van der Waals surface area contributed by atoms with Crippen LogP contribution in [0.3, 0.4) is 0 Å². The van der Waals surface area contributed by atoms with Crippen molar-refractivity contribution in [3.8, 4) is 5.69 Å². The van der Waals surface area contributed by atoms with Gasteiger partial charge >= 0.3 is 0 Å².